The number of fused-ring (bicyclic) bond motifs is 1. The van der Waals surface area contributed by atoms with Crippen LogP contribution in [0.2, 0.25) is 5.02 Å². The topological polar surface area (TPSA) is 48.3 Å². The minimum Gasteiger partial charge on any atom is -0.493 e. The predicted molar refractivity (Wildman–Crippen MR) is 114 cm³/mol. The highest BCUT2D eigenvalue weighted by Gasteiger charge is 2.36. The van der Waals surface area contributed by atoms with E-state index < -0.39 is 11.7 Å². The van der Waals surface area contributed by atoms with E-state index in [0.717, 1.165) is 30.0 Å². The zero-order chi connectivity index (χ0) is 22.2. The van der Waals surface area contributed by atoms with Gasteiger partial charge >= 0.3 is 6.18 Å². The van der Waals surface area contributed by atoms with Crippen LogP contribution in [0.15, 0.2) is 36.4 Å². The number of nitrogens with zero attached hydrogens (tertiary/aromatic N) is 2. The Hall–Kier alpha value is -2.87. The maximum atomic E-state index is 13.8. The first-order chi connectivity index (χ1) is 14.8. The smallest absolute Gasteiger partial charge is 0.418 e. The van der Waals surface area contributed by atoms with Crippen molar-refractivity contribution in [3.63, 3.8) is 0 Å². The molecule has 1 aliphatic heterocycles. The van der Waals surface area contributed by atoms with E-state index in [1.807, 2.05) is 6.07 Å². The van der Waals surface area contributed by atoms with Gasteiger partial charge in [-0.3, -0.25) is 0 Å². The lowest BCUT2D eigenvalue weighted by Gasteiger charge is -2.16. The van der Waals surface area contributed by atoms with Gasteiger partial charge in [0.2, 0.25) is 0 Å². The molecule has 0 fully saturated rings. The Balaban J connectivity index is 1.94. The average Bonchev–Trinajstić information content (AvgIpc) is 2.93. The molecule has 4 rings (SSSR count). The summed E-state index contributed by atoms with van der Waals surface area (Å²) in [5, 5.41) is 7.91. The summed E-state index contributed by atoms with van der Waals surface area (Å²) in [7, 11) is 3.08. The standard InChI is InChI=1S/C22H21ClF3N3O2/c1-30-18-9-6-13(11-19(18)31-2)20-15-5-3-4-10-27-21(15)29(28-20)17-8-7-14(23)12-16(17)22(24,25)26/h6-9,11-12,27H,3-5,10H2,1-2H3. The summed E-state index contributed by atoms with van der Waals surface area (Å²) in [4.78, 5) is 0. The number of ether oxygens (including phenoxy) is 2. The van der Waals surface area contributed by atoms with Gasteiger partial charge < -0.3 is 14.8 Å². The van der Waals surface area contributed by atoms with Crippen molar-refractivity contribution in [1.82, 2.24) is 9.78 Å². The first-order valence-corrected chi connectivity index (χ1v) is 10.2. The molecule has 1 N–H and O–H groups in total. The Kier molecular flexibility index (Phi) is 5.75. The summed E-state index contributed by atoms with van der Waals surface area (Å²) in [5.74, 6) is 1.65. The number of nitrogens with one attached hydrogen (secondary N) is 1. The van der Waals surface area contributed by atoms with Crippen LogP contribution in [0.25, 0.3) is 16.9 Å². The first kappa shape index (κ1) is 21.4. The molecule has 1 aromatic heterocycles. The first-order valence-electron chi connectivity index (χ1n) is 9.78. The van der Waals surface area contributed by atoms with E-state index in [2.05, 4.69) is 10.4 Å². The summed E-state index contributed by atoms with van der Waals surface area (Å²) in [6, 6.07) is 9.08. The highest BCUT2D eigenvalue weighted by Crippen LogP contribution is 2.41. The highest BCUT2D eigenvalue weighted by atomic mass is 35.5. The van der Waals surface area contributed by atoms with E-state index in [9.17, 15) is 13.2 Å². The number of methoxy groups -OCH3 is 2. The van der Waals surface area contributed by atoms with Crippen LogP contribution in [0.4, 0.5) is 19.0 Å². The molecule has 164 valence electrons. The number of halogens is 4. The third-order valence-electron chi connectivity index (χ3n) is 5.28. The average molecular weight is 452 g/mol. The molecule has 2 aromatic carbocycles. The molecule has 0 radical (unpaired) electrons. The number of alkyl halides is 3. The van der Waals surface area contributed by atoms with Crippen molar-refractivity contribution in [2.24, 2.45) is 0 Å². The SMILES string of the molecule is COc1ccc(-c2nn(-c3ccc(Cl)cc3C(F)(F)F)c3c2CCCCN3)cc1OC. The lowest BCUT2D eigenvalue weighted by molar-refractivity contribution is -0.137. The van der Waals surface area contributed by atoms with Gasteiger partial charge in [-0.15, -0.1) is 0 Å². The summed E-state index contributed by atoms with van der Waals surface area (Å²) in [6.07, 6.45) is -2.07. The van der Waals surface area contributed by atoms with Gasteiger partial charge in [-0.1, -0.05) is 11.6 Å². The molecular formula is C22H21ClF3N3O2. The Morgan fingerprint density at radius 1 is 1.03 bits per heavy atom. The second-order valence-corrected chi connectivity index (χ2v) is 7.64. The Morgan fingerprint density at radius 2 is 1.81 bits per heavy atom. The van der Waals surface area contributed by atoms with Gasteiger partial charge in [-0.05, 0) is 55.7 Å². The van der Waals surface area contributed by atoms with Crippen molar-refractivity contribution < 1.29 is 22.6 Å². The van der Waals surface area contributed by atoms with Gasteiger partial charge in [0.1, 0.15) is 5.82 Å². The molecule has 0 saturated heterocycles. The molecule has 0 saturated carbocycles. The molecule has 3 aromatic rings. The second-order valence-electron chi connectivity index (χ2n) is 7.20. The maximum Gasteiger partial charge on any atom is 0.418 e. The quantitative estimate of drug-likeness (QED) is 0.530. The van der Waals surface area contributed by atoms with E-state index in [0.29, 0.717) is 36.0 Å². The van der Waals surface area contributed by atoms with Crippen molar-refractivity contribution in [3.05, 3.63) is 52.5 Å². The van der Waals surface area contributed by atoms with Crippen molar-refractivity contribution in [2.75, 3.05) is 26.1 Å². The Morgan fingerprint density at radius 3 is 2.52 bits per heavy atom. The molecule has 9 heteroatoms. The maximum absolute atomic E-state index is 13.8. The number of hydrogen-bond acceptors (Lipinski definition) is 4. The monoisotopic (exact) mass is 451 g/mol. The molecule has 0 aliphatic carbocycles. The number of anilines is 1. The number of aromatic nitrogens is 2. The molecule has 0 spiro atoms. The van der Waals surface area contributed by atoms with Crippen LogP contribution < -0.4 is 14.8 Å². The number of benzene rings is 2. The molecule has 31 heavy (non-hydrogen) atoms. The van der Waals surface area contributed by atoms with Crippen LogP contribution in [0.3, 0.4) is 0 Å². The van der Waals surface area contributed by atoms with E-state index in [4.69, 9.17) is 21.1 Å². The molecule has 0 atom stereocenters. The van der Waals surface area contributed by atoms with E-state index in [1.54, 1.807) is 19.2 Å². The second kappa shape index (κ2) is 8.34. The van der Waals surface area contributed by atoms with Gasteiger partial charge in [0, 0.05) is 22.7 Å². The van der Waals surface area contributed by atoms with E-state index >= 15 is 0 Å². The molecule has 0 bridgehead atoms. The normalized spacial score (nSPS) is 13.9. The Bertz CT molecular complexity index is 1110. The van der Waals surface area contributed by atoms with Crippen LogP contribution in [0.1, 0.15) is 24.0 Å². The largest absolute Gasteiger partial charge is 0.493 e. The van der Waals surface area contributed by atoms with E-state index in [1.165, 1.54) is 23.9 Å². The zero-order valence-electron chi connectivity index (χ0n) is 17.0. The van der Waals surface area contributed by atoms with Crippen molar-refractivity contribution in [1.29, 1.82) is 0 Å². The zero-order valence-corrected chi connectivity index (χ0v) is 17.8. The van der Waals surface area contributed by atoms with Crippen molar-refractivity contribution in [3.8, 4) is 28.4 Å². The van der Waals surface area contributed by atoms with Gasteiger partial charge in [-0.2, -0.15) is 18.3 Å². The van der Waals surface area contributed by atoms with Gasteiger partial charge in [0.15, 0.2) is 11.5 Å². The van der Waals surface area contributed by atoms with Crippen LogP contribution in [-0.4, -0.2) is 30.5 Å². The molecule has 0 unspecified atom stereocenters. The summed E-state index contributed by atoms with van der Waals surface area (Å²) in [5.41, 5.74) is 1.30. The molecule has 0 amide bonds. The van der Waals surface area contributed by atoms with Gasteiger partial charge in [0.05, 0.1) is 31.2 Å². The fourth-order valence-electron chi connectivity index (χ4n) is 3.81. The van der Waals surface area contributed by atoms with Crippen LogP contribution >= 0.6 is 11.6 Å². The van der Waals surface area contributed by atoms with Crippen LogP contribution in [-0.2, 0) is 12.6 Å². The molecule has 5 nitrogen and oxygen atoms in total. The fourth-order valence-corrected chi connectivity index (χ4v) is 3.98. The Labute approximate surface area is 182 Å². The van der Waals surface area contributed by atoms with Gasteiger partial charge in [-0.25, -0.2) is 4.68 Å². The minimum absolute atomic E-state index is 0.0161. The lowest BCUT2D eigenvalue weighted by Crippen LogP contribution is -2.14. The van der Waals surface area contributed by atoms with Crippen LogP contribution in [0.5, 0.6) is 11.5 Å². The summed E-state index contributed by atoms with van der Waals surface area (Å²) >= 11 is 5.87. The molecule has 1 aliphatic rings. The molecular weight excluding hydrogens is 431 g/mol. The minimum atomic E-state index is -4.58. The lowest BCUT2D eigenvalue weighted by atomic mass is 10.0. The summed E-state index contributed by atoms with van der Waals surface area (Å²) < 4.78 is 53.4. The van der Waals surface area contributed by atoms with E-state index in [-0.39, 0.29) is 10.7 Å². The van der Waals surface area contributed by atoms with Gasteiger partial charge in [0.25, 0.3) is 0 Å². The third kappa shape index (κ3) is 4.04. The van der Waals surface area contributed by atoms with Crippen molar-refractivity contribution >= 4 is 17.4 Å². The highest BCUT2D eigenvalue weighted by molar-refractivity contribution is 6.30. The number of rotatable bonds is 4. The number of hydrogen-bond donors (Lipinski definition) is 1. The van der Waals surface area contributed by atoms with Crippen molar-refractivity contribution in [2.45, 2.75) is 25.4 Å². The predicted octanol–water partition coefficient (Wildman–Crippen LogP) is 5.98. The van der Waals surface area contributed by atoms with Crippen LogP contribution in [0, 0.1) is 0 Å². The fraction of sp³-hybridized carbons (Fsp3) is 0.318. The molecule has 2 heterocycles. The third-order valence-corrected chi connectivity index (χ3v) is 5.51. The summed E-state index contributed by atoms with van der Waals surface area (Å²) in [6.45, 7) is 0.652.